The van der Waals surface area contributed by atoms with Gasteiger partial charge in [0.2, 0.25) is 0 Å². The number of nitrogens with one attached hydrogen (secondary N) is 1. The Hall–Kier alpha value is -1.17. The van der Waals surface area contributed by atoms with Gasteiger partial charge in [-0.2, -0.15) is 11.3 Å². The van der Waals surface area contributed by atoms with Crippen LogP contribution in [0.25, 0.3) is 0 Å². The van der Waals surface area contributed by atoms with Crippen LogP contribution in [0.2, 0.25) is 0 Å². The Kier molecular flexibility index (Phi) is 5.38. The van der Waals surface area contributed by atoms with E-state index >= 15 is 0 Å². The van der Waals surface area contributed by atoms with E-state index in [1.54, 1.807) is 18.4 Å². The van der Waals surface area contributed by atoms with E-state index in [1.807, 2.05) is 6.33 Å². The number of aromatic nitrogens is 2. The summed E-state index contributed by atoms with van der Waals surface area (Å²) in [5.74, 6) is 0. The maximum absolute atomic E-state index is 4.98. The molecule has 2 heterocycles. The molecule has 0 saturated carbocycles. The molecular formula is C13H19N3OS. The van der Waals surface area contributed by atoms with E-state index in [-0.39, 0.29) is 0 Å². The number of methoxy groups -OCH3 is 1. The fraction of sp³-hybridized carbons (Fsp3) is 0.462. The van der Waals surface area contributed by atoms with Crippen LogP contribution in [0.5, 0.6) is 0 Å². The van der Waals surface area contributed by atoms with Crippen LogP contribution in [0.1, 0.15) is 11.3 Å². The maximum atomic E-state index is 4.98. The molecule has 0 fully saturated rings. The van der Waals surface area contributed by atoms with Crippen LogP contribution in [-0.4, -0.2) is 29.8 Å². The van der Waals surface area contributed by atoms with Gasteiger partial charge in [-0.15, -0.1) is 0 Å². The van der Waals surface area contributed by atoms with Crippen molar-refractivity contribution < 1.29 is 4.74 Å². The zero-order valence-electron chi connectivity index (χ0n) is 10.6. The molecule has 0 unspecified atom stereocenters. The molecule has 0 saturated heterocycles. The van der Waals surface area contributed by atoms with Gasteiger partial charge in [-0.1, -0.05) is 0 Å². The summed E-state index contributed by atoms with van der Waals surface area (Å²) in [5.41, 5.74) is 2.48. The summed E-state index contributed by atoms with van der Waals surface area (Å²) < 4.78 is 7.12. The van der Waals surface area contributed by atoms with Crippen molar-refractivity contribution in [2.75, 3.05) is 20.3 Å². The minimum atomic E-state index is 0.735. The van der Waals surface area contributed by atoms with Crippen LogP contribution in [0.4, 0.5) is 0 Å². The third-order valence-corrected chi connectivity index (χ3v) is 3.45. The average molecular weight is 265 g/mol. The molecule has 0 aliphatic carbocycles. The van der Waals surface area contributed by atoms with E-state index in [0.717, 1.165) is 38.4 Å². The Labute approximate surface area is 112 Å². The number of nitrogens with zero attached hydrogens (tertiary/aromatic N) is 2. The number of thiophene rings is 1. The van der Waals surface area contributed by atoms with Crippen molar-refractivity contribution in [3.8, 4) is 0 Å². The molecule has 0 amide bonds. The molecule has 2 aromatic heterocycles. The highest BCUT2D eigenvalue weighted by molar-refractivity contribution is 7.07. The van der Waals surface area contributed by atoms with Crippen LogP contribution < -0.4 is 5.32 Å². The van der Waals surface area contributed by atoms with Gasteiger partial charge in [0.15, 0.2) is 0 Å². The number of aryl methyl sites for hydroxylation is 2. The van der Waals surface area contributed by atoms with Crippen molar-refractivity contribution in [1.82, 2.24) is 14.9 Å². The minimum absolute atomic E-state index is 0.735. The molecule has 4 nitrogen and oxygen atoms in total. The lowest BCUT2D eigenvalue weighted by molar-refractivity contribution is 0.199. The van der Waals surface area contributed by atoms with Crippen LogP contribution in [0.15, 0.2) is 29.4 Å². The van der Waals surface area contributed by atoms with E-state index in [0.29, 0.717) is 0 Å². The van der Waals surface area contributed by atoms with Gasteiger partial charge in [-0.05, 0) is 28.8 Å². The Morgan fingerprint density at radius 1 is 1.50 bits per heavy atom. The summed E-state index contributed by atoms with van der Waals surface area (Å²) in [4.78, 5) is 4.38. The van der Waals surface area contributed by atoms with E-state index in [1.165, 1.54) is 5.56 Å². The monoisotopic (exact) mass is 265 g/mol. The maximum Gasteiger partial charge on any atom is 0.0950 e. The number of ether oxygens (including phenoxy) is 1. The first kappa shape index (κ1) is 13.3. The number of hydrogen-bond donors (Lipinski definition) is 1. The van der Waals surface area contributed by atoms with Gasteiger partial charge >= 0.3 is 0 Å². The van der Waals surface area contributed by atoms with Crippen LogP contribution in [0, 0.1) is 0 Å². The molecule has 0 aliphatic heterocycles. The van der Waals surface area contributed by atoms with Crippen molar-refractivity contribution in [1.29, 1.82) is 0 Å². The summed E-state index contributed by atoms with van der Waals surface area (Å²) in [7, 11) is 1.71. The molecule has 0 aliphatic rings. The second-order valence-electron chi connectivity index (χ2n) is 4.15. The number of hydrogen-bond acceptors (Lipinski definition) is 4. The predicted octanol–water partition coefficient (Wildman–Crippen LogP) is 1.92. The third-order valence-electron chi connectivity index (χ3n) is 2.71. The minimum Gasteiger partial charge on any atom is -0.383 e. The lowest BCUT2D eigenvalue weighted by Gasteiger charge is -2.01. The predicted molar refractivity (Wildman–Crippen MR) is 73.8 cm³/mol. The van der Waals surface area contributed by atoms with Crippen molar-refractivity contribution in [3.63, 3.8) is 0 Å². The molecule has 18 heavy (non-hydrogen) atoms. The van der Waals surface area contributed by atoms with Crippen LogP contribution in [0.3, 0.4) is 0 Å². The first-order chi connectivity index (χ1) is 8.88. The Morgan fingerprint density at radius 2 is 2.44 bits per heavy atom. The highest BCUT2D eigenvalue weighted by atomic mass is 32.1. The Morgan fingerprint density at radius 3 is 3.22 bits per heavy atom. The summed E-state index contributed by atoms with van der Waals surface area (Å²) in [6.45, 7) is 3.38. The van der Waals surface area contributed by atoms with Crippen LogP contribution in [-0.2, 0) is 24.2 Å². The third kappa shape index (κ3) is 4.25. The molecule has 0 aromatic carbocycles. The molecule has 0 bridgehead atoms. The Bertz CT molecular complexity index is 439. The lowest BCUT2D eigenvalue weighted by Crippen LogP contribution is -2.18. The molecule has 0 atom stereocenters. The van der Waals surface area contributed by atoms with Gasteiger partial charge in [0.1, 0.15) is 0 Å². The fourth-order valence-corrected chi connectivity index (χ4v) is 2.41. The van der Waals surface area contributed by atoms with Gasteiger partial charge < -0.3 is 14.6 Å². The second kappa shape index (κ2) is 7.31. The molecule has 0 radical (unpaired) electrons. The quantitative estimate of drug-likeness (QED) is 0.741. The smallest absolute Gasteiger partial charge is 0.0950 e. The zero-order valence-corrected chi connectivity index (χ0v) is 11.4. The molecule has 98 valence electrons. The molecule has 2 aromatic rings. The van der Waals surface area contributed by atoms with E-state index in [4.69, 9.17) is 4.74 Å². The standard InChI is InChI=1S/C13H19N3OS/c1-17-6-4-14-8-13-9-16(11-15-13)5-2-12-3-7-18-10-12/h3,7,9-11,14H,2,4-6,8H2,1H3. The van der Waals surface area contributed by atoms with Gasteiger partial charge in [0.25, 0.3) is 0 Å². The molecule has 0 spiro atoms. The highest BCUT2D eigenvalue weighted by Crippen LogP contribution is 2.08. The molecule has 2 rings (SSSR count). The van der Waals surface area contributed by atoms with Gasteiger partial charge in [-0.25, -0.2) is 4.98 Å². The molecule has 1 N–H and O–H groups in total. The average Bonchev–Trinajstić information content (AvgIpc) is 3.03. The van der Waals surface area contributed by atoms with Crippen LogP contribution >= 0.6 is 11.3 Å². The number of rotatable bonds is 8. The topological polar surface area (TPSA) is 39.1 Å². The fourth-order valence-electron chi connectivity index (χ4n) is 1.70. The molecule has 5 heteroatoms. The first-order valence-electron chi connectivity index (χ1n) is 6.10. The van der Waals surface area contributed by atoms with Crippen molar-refractivity contribution in [3.05, 3.63) is 40.6 Å². The van der Waals surface area contributed by atoms with E-state index < -0.39 is 0 Å². The van der Waals surface area contributed by atoms with Gasteiger partial charge in [-0.3, -0.25) is 0 Å². The summed E-state index contributed by atoms with van der Waals surface area (Å²) in [6, 6.07) is 2.18. The zero-order chi connectivity index (χ0) is 12.6. The summed E-state index contributed by atoms with van der Waals surface area (Å²) in [5, 5.41) is 7.60. The van der Waals surface area contributed by atoms with Crippen molar-refractivity contribution >= 4 is 11.3 Å². The van der Waals surface area contributed by atoms with E-state index in [9.17, 15) is 0 Å². The lowest BCUT2D eigenvalue weighted by atomic mass is 10.2. The largest absolute Gasteiger partial charge is 0.383 e. The summed E-state index contributed by atoms with van der Waals surface area (Å²) >= 11 is 1.75. The molecular weight excluding hydrogens is 246 g/mol. The SMILES string of the molecule is COCCNCc1cn(CCc2ccsc2)cn1. The van der Waals surface area contributed by atoms with Crippen molar-refractivity contribution in [2.45, 2.75) is 19.5 Å². The van der Waals surface area contributed by atoms with Crippen molar-refractivity contribution in [2.24, 2.45) is 0 Å². The summed E-state index contributed by atoms with van der Waals surface area (Å²) in [6.07, 6.45) is 5.07. The van der Waals surface area contributed by atoms with Gasteiger partial charge in [0.05, 0.1) is 18.6 Å². The Balaban J connectivity index is 1.72. The highest BCUT2D eigenvalue weighted by Gasteiger charge is 1.99. The van der Waals surface area contributed by atoms with Gasteiger partial charge in [0, 0.05) is 32.9 Å². The first-order valence-corrected chi connectivity index (χ1v) is 7.04. The normalized spacial score (nSPS) is 10.9. The number of imidazole rings is 1. The van der Waals surface area contributed by atoms with E-state index in [2.05, 4.69) is 37.9 Å². The second-order valence-corrected chi connectivity index (χ2v) is 4.93.